The van der Waals surface area contributed by atoms with Crippen LogP contribution in [-0.4, -0.2) is 26.2 Å². The molecule has 0 bridgehead atoms. The second kappa shape index (κ2) is 7.78. The van der Waals surface area contributed by atoms with Crippen molar-refractivity contribution in [3.8, 4) is 5.75 Å². The molecule has 0 saturated heterocycles. The predicted octanol–water partition coefficient (Wildman–Crippen LogP) is 2.68. The van der Waals surface area contributed by atoms with Crippen molar-refractivity contribution in [1.29, 1.82) is 0 Å². The molecule has 4 heteroatoms. The van der Waals surface area contributed by atoms with Crippen LogP contribution in [0.1, 0.15) is 39.2 Å². The molecule has 20 heavy (non-hydrogen) atoms. The van der Waals surface area contributed by atoms with Crippen molar-refractivity contribution in [3.63, 3.8) is 0 Å². The summed E-state index contributed by atoms with van der Waals surface area (Å²) < 4.78 is 5.18. The molecule has 0 fully saturated rings. The summed E-state index contributed by atoms with van der Waals surface area (Å²) in [6.07, 6.45) is 2.26. The van der Waals surface area contributed by atoms with Crippen LogP contribution in [0.3, 0.4) is 0 Å². The zero-order valence-corrected chi connectivity index (χ0v) is 13.1. The molecule has 0 unspecified atom stereocenters. The van der Waals surface area contributed by atoms with Gasteiger partial charge < -0.3 is 15.8 Å². The van der Waals surface area contributed by atoms with Gasteiger partial charge in [-0.15, -0.1) is 0 Å². The highest BCUT2D eigenvalue weighted by Gasteiger charge is 2.20. The van der Waals surface area contributed by atoms with Crippen LogP contribution >= 0.6 is 0 Å². The van der Waals surface area contributed by atoms with Crippen LogP contribution in [0.25, 0.3) is 0 Å². The van der Waals surface area contributed by atoms with Gasteiger partial charge in [0.05, 0.1) is 13.7 Å². The van der Waals surface area contributed by atoms with Crippen LogP contribution in [0.5, 0.6) is 5.75 Å². The quantitative estimate of drug-likeness (QED) is 0.457. The van der Waals surface area contributed by atoms with Crippen molar-refractivity contribution in [2.45, 2.75) is 39.0 Å². The third-order valence-electron chi connectivity index (χ3n) is 3.35. The Kier molecular flexibility index (Phi) is 6.36. The minimum Gasteiger partial charge on any atom is -0.497 e. The topological polar surface area (TPSA) is 59.6 Å². The van der Waals surface area contributed by atoms with E-state index in [9.17, 15) is 0 Å². The molecule has 0 aliphatic rings. The number of hydrogen-bond acceptors (Lipinski definition) is 2. The molecule has 0 aliphatic heterocycles. The van der Waals surface area contributed by atoms with E-state index in [1.807, 2.05) is 12.1 Å². The number of guanidine groups is 1. The first-order valence-electron chi connectivity index (χ1n) is 7.18. The average molecular weight is 277 g/mol. The molecule has 1 aromatic rings. The van der Waals surface area contributed by atoms with Crippen molar-refractivity contribution in [2.75, 3.05) is 20.2 Å². The van der Waals surface area contributed by atoms with Gasteiger partial charge in [-0.1, -0.05) is 39.3 Å². The smallest absolute Gasteiger partial charge is 0.188 e. The van der Waals surface area contributed by atoms with Gasteiger partial charge >= 0.3 is 0 Å². The molecular weight excluding hydrogens is 250 g/mol. The van der Waals surface area contributed by atoms with Crippen LogP contribution in [-0.2, 0) is 5.41 Å². The summed E-state index contributed by atoms with van der Waals surface area (Å²) >= 11 is 0. The van der Waals surface area contributed by atoms with Crippen molar-refractivity contribution < 1.29 is 4.74 Å². The van der Waals surface area contributed by atoms with Crippen LogP contribution < -0.4 is 15.8 Å². The lowest BCUT2D eigenvalue weighted by molar-refractivity contribution is 0.414. The van der Waals surface area contributed by atoms with E-state index < -0.39 is 0 Å². The van der Waals surface area contributed by atoms with Crippen LogP contribution in [0.2, 0.25) is 0 Å². The molecule has 1 rings (SSSR count). The molecule has 0 saturated carbocycles. The summed E-state index contributed by atoms with van der Waals surface area (Å²) in [5.74, 6) is 1.40. The number of nitrogens with zero attached hydrogens (tertiary/aromatic N) is 1. The largest absolute Gasteiger partial charge is 0.497 e. The molecule has 0 aromatic heterocycles. The Morgan fingerprint density at radius 1 is 1.30 bits per heavy atom. The van der Waals surface area contributed by atoms with E-state index in [1.165, 1.54) is 5.56 Å². The number of hydrogen-bond donors (Lipinski definition) is 2. The number of aliphatic imine (C=N–C) groups is 1. The number of unbranched alkanes of at least 4 members (excludes halogenated alkanes) is 1. The monoisotopic (exact) mass is 277 g/mol. The fourth-order valence-electron chi connectivity index (χ4n) is 1.87. The summed E-state index contributed by atoms with van der Waals surface area (Å²) in [5.41, 5.74) is 7.04. The molecule has 0 atom stereocenters. The zero-order chi connectivity index (χ0) is 15.0. The SMILES string of the molecule is CCCCNC(N)=NCC(C)(C)c1ccc(OC)cc1. The normalized spacial score (nSPS) is 12.3. The van der Waals surface area contributed by atoms with Crippen molar-refractivity contribution in [2.24, 2.45) is 10.7 Å². The standard InChI is InChI=1S/C16H27N3O/c1-5-6-11-18-15(17)19-12-16(2,3)13-7-9-14(20-4)10-8-13/h7-10H,5-6,11-12H2,1-4H3,(H3,17,18,19). The maximum absolute atomic E-state index is 5.86. The van der Waals surface area contributed by atoms with Gasteiger partial charge in [0.1, 0.15) is 5.75 Å². The molecule has 0 spiro atoms. The summed E-state index contributed by atoms with van der Waals surface area (Å²) in [4.78, 5) is 4.44. The Bertz CT molecular complexity index is 424. The van der Waals surface area contributed by atoms with Gasteiger partial charge in [-0.3, -0.25) is 4.99 Å². The van der Waals surface area contributed by atoms with Crippen LogP contribution in [0.15, 0.2) is 29.3 Å². The summed E-state index contributed by atoms with van der Waals surface area (Å²) in [5, 5.41) is 3.13. The molecule has 1 aromatic carbocycles. The molecule has 3 N–H and O–H groups in total. The first-order chi connectivity index (χ1) is 9.49. The molecule has 0 aliphatic carbocycles. The second-order valence-electron chi connectivity index (χ2n) is 5.59. The highest BCUT2D eigenvalue weighted by Crippen LogP contribution is 2.25. The van der Waals surface area contributed by atoms with Gasteiger partial charge in [0.25, 0.3) is 0 Å². The predicted molar refractivity (Wildman–Crippen MR) is 85.4 cm³/mol. The number of ether oxygens (including phenoxy) is 1. The van der Waals surface area contributed by atoms with Gasteiger partial charge in [0.2, 0.25) is 0 Å². The number of nitrogens with two attached hydrogens (primary N) is 1. The van der Waals surface area contributed by atoms with Gasteiger partial charge in [0.15, 0.2) is 5.96 Å². The number of benzene rings is 1. The van der Waals surface area contributed by atoms with E-state index in [2.05, 4.69) is 43.2 Å². The fraction of sp³-hybridized carbons (Fsp3) is 0.562. The third-order valence-corrected chi connectivity index (χ3v) is 3.35. The van der Waals surface area contributed by atoms with E-state index >= 15 is 0 Å². The van der Waals surface area contributed by atoms with E-state index in [0.29, 0.717) is 12.5 Å². The van der Waals surface area contributed by atoms with E-state index in [1.54, 1.807) is 7.11 Å². The Morgan fingerprint density at radius 3 is 2.50 bits per heavy atom. The molecule has 0 amide bonds. The molecule has 4 nitrogen and oxygen atoms in total. The van der Waals surface area contributed by atoms with Crippen molar-refractivity contribution in [3.05, 3.63) is 29.8 Å². The molecule has 0 radical (unpaired) electrons. The Hall–Kier alpha value is -1.71. The van der Waals surface area contributed by atoms with E-state index in [0.717, 1.165) is 25.1 Å². The average Bonchev–Trinajstić information content (AvgIpc) is 2.45. The summed E-state index contributed by atoms with van der Waals surface area (Å²) in [6.45, 7) is 8.02. The molecule has 112 valence electrons. The molecule has 0 heterocycles. The van der Waals surface area contributed by atoms with Crippen molar-refractivity contribution >= 4 is 5.96 Å². The highest BCUT2D eigenvalue weighted by molar-refractivity contribution is 5.77. The number of methoxy groups -OCH3 is 1. The lowest BCUT2D eigenvalue weighted by Crippen LogP contribution is -2.34. The minimum absolute atomic E-state index is 0.0523. The number of rotatable bonds is 7. The summed E-state index contributed by atoms with van der Waals surface area (Å²) in [6, 6.07) is 8.11. The van der Waals surface area contributed by atoms with Crippen LogP contribution in [0.4, 0.5) is 0 Å². The zero-order valence-electron chi connectivity index (χ0n) is 13.1. The maximum Gasteiger partial charge on any atom is 0.188 e. The highest BCUT2D eigenvalue weighted by atomic mass is 16.5. The lowest BCUT2D eigenvalue weighted by atomic mass is 9.85. The third kappa shape index (κ3) is 5.11. The van der Waals surface area contributed by atoms with E-state index in [4.69, 9.17) is 10.5 Å². The fourth-order valence-corrected chi connectivity index (χ4v) is 1.87. The van der Waals surface area contributed by atoms with Gasteiger partial charge in [-0.2, -0.15) is 0 Å². The maximum atomic E-state index is 5.86. The Labute approximate surface area is 122 Å². The Balaban J connectivity index is 2.61. The summed E-state index contributed by atoms with van der Waals surface area (Å²) in [7, 11) is 1.67. The Morgan fingerprint density at radius 2 is 1.95 bits per heavy atom. The second-order valence-corrected chi connectivity index (χ2v) is 5.59. The van der Waals surface area contributed by atoms with Gasteiger partial charge in [-0.05, 0) is 24.1 Å². The molecular formula is C16H27N3O. The lowest BCUT2D eigenvalue weighted by Gasteiger charge is -2.23. The first kappa shape index (κ1) is 16.3. The van der Waals surface area contributed by atoms with Gasteiger partial charge in [-0.25, -0.2) is 0 Å². The first-order valence-corrected chi connectivity index (χ1v) is 7.18. The van der Waals surface area contributed by atoms with Gasteiger partial charge in [0, 0.05) is 12.0 Å². The number of nitrogens with one attached hydrogen (secondary N) is 1. The van der Waals surface area contributed by atoms with Crippen molar-refractivity contribution in [1.82, 2.24) is 5.32 Å². The minimum atomic E-state index is -0.0523. The van der Waals surface area contributed by atoms with E-state index in [-0.39, 0.29) is 5.41 Å². The van der Waals surface area contributed by atoms with Crippen LogP contribution in [0, 0.1) is 0 Å².